The third-order valence-electron chi connectivity index (χ3n) is 7.37. The molecule has 4 rings (SSSR count). The van der Waals surface area contributed by atoms with Gasteiger partial charge in [0.05, 0.1) is 38.0 Å². The van der Waals surface area contributed by atoms with Crippen molar-refractivity contribution in [3.63, 3.8) is 0 Å². The molecule has 8 heteroatoms. The summed E-state index contributed by atoms with van der Waals surface area (Å²) < 4.78 is 23.1. The van der Waals surface area contributed by atoms with Crippen LogP contribution in [-0.4, -0.2) is 61.3 Å². The molecule has 40 heavy (non-hydrogen) atoms. The number of amides is 1. The van der Waals surface area contributed by atoms with E-state index in [1.54, 1.807) is 43.5 Å². The fourth-order valence-corrected chi connectivity index (χ4v) is 5.13. The van der Waals surface area contributed by atoms with Gasteiger partial charge in [0.2, 0.25) is 0 Å². The van der Waals surface area contributed by atoms with Crippen molar-refractivity contribution >= 4 is 17.4 Å². The Morgan fingerprint density at radius 3 is 2.40 bits per heavy atom. The van der Waals surface area contributed by atoms with Crippen LogP contribution in [-0.2, 0) is 14.3 Å². The Balaban J connectivity index is 1.70. The summed E-state index contributed by atoms with van der Waals surface area (Å²) in [5.74, 6) is 0.183. The predicted molar refractivity (Wildman–Crippen MR) is 153 cm³/mol. The third kappa shape index (κ3) is 6.78. The lowest BCUT2D eigenvalue weighted by Gasteiger charge is -2.28. The molecule has 2 atom stereocenters. The first-order valence-corrected chi connectivity index (χ1v) is 14.4. The van der Waals surface area contributed by atoms with Gasteiger partial charge in [0.15, 0.2) is 11.5 Å². The molecule has 0 radical (unpaired) electrons. The van der Waals surface area contributed by atoms with Gasteiger partial charge in [0, 0.05) is 18.7 Å². The van der Waals surface area contributed by atoms with Crippen molar-refractivity contribution in [3.8, 4) is 17.2 Å². The number of methoxy groups -OCH3 is 1. The highest BCUT2D eigenvalue weighted by molar-refractivity contribution is 6.46. The van der Waals surface area contributed by atoms with Gasteiger partial charge in [0.1, 0.15) is 11.5 Å². The molecule has 1 N–H and O–H groups in total. The number of likely N-dealkylation sites (tertiary alicyclic amines) is 1. The molecule has 1 amide bonds. The van der Waals surface area contributed by atoms with E-state index in [1.165, 1.54) is 4.90 Å². The van der Waals surface area contributed by atoms with Crippen molar-refractivity contribution in [1.29, 1.82) is 0 Å². The normalized spacial score (nSPS) is 20.2. The molecule has 2 aromatic rings. The van der Waals surface area contributed by atoms with Gasteiger partial charge >= 0.3 is 0 Å². The first-order valence-electron chi connectivity index (χ1n) is 14.4. The highest BCUT2D eigenvalue weighted by Crippen LogP contribution is 2.42. The zero-order valence-corrected chi connectivity index (χ0v) is 23.8. The Morgan fingerprint density at radius 2 is 1.73 bits per heavy atom. The van der Waals surface area contributed by atoms with Crippen LogP contribution < -0.4 is 14.2 Å². The summed E-state index contributed by atoms with van der Waals surface area (Å²) >= 11 is 0. The van der Waals surface area contributed by atoms with E-state index in [1.807, 2.05) is 6.07 Å². The number of Topliss-reactive ketones (excluding diaryl/α,β-unsaturated/α-hetero) is 1. The maximum Gasteiger partial charge on any atom is 0.295 e. The molecule has 0 aliphatic carbocycles. The lowest BCUT2D eigenvalue weighted by molar-refractivity contribution is -0.140. The number of carbonyl (C=O) groups is 2. The Kier molecular flexibility index (Phi) is 10.5. The average Bonchev–Trinajstić information content (AvgIpc) is 3.58. The molecule has 0 bridgehead atoms. The summed E-state index contributed by atoms with van der Waals surface area (Å²) in [5, 5.41) is 11.4. The Labute approximate surface area is 236 Å². The molecule has 2 saturated heterocycles. The maximum absolute atomic E-state index is 13.4. The lowest BCUT2D eigenvalue weighted by Crippen LogP contribution is -2.36. The van der Waals surface area contributed by atoms with Crippen LogP contribution in [0.15, 0.2) is 48.0 Å². The topological polar surface area (TPSA) is 94.5 Å². The molecule has 2 aliphatic heterocycles. The highest BCUT2D eigenvalue weighted by Gasteiger charge is 2.47. The molecule has 0 spiro atoms. The zero-order chi connectivity index (χ0) is 28.5. The monoisotopic (exact) mass is 551 g/mol. The minimum atomic E-state index is -0.798. The second kappa shape index (κ2) is 14.2. The molecule has 0 aromatic heterocycles. The van der Waals surface area contributed by atoms with Gasteiger partial charge in [-0.3, -0.25) is 9.59 Å². The van der Waals surface area contributed by atoms with Crippen molar-refractivity contribution in [1.82, 2.24) is 4.90 Å². The molecular formula is C32H41NO7. The SMILES string of the molecule is CCCCCOc1ccc([C@@H]2C(=C(O)c3ccc(OCCCC)cc3)C(=O)C(=O)N2C[C@@H]2CCCO2)cc1OC. The summed E-state index contributed by atoms with van der Waals surface area (Å²) in [5.41, 5.74) is 1.13. The van der Waals surface area contributed by atoms with Gasteiger partial charge in [-0.2, -0.15) is 0 Å². The number of unbranched alkanes of at least 4 members (excludes halogenated alkanes) is 3. The predicted octanol–water partition coefficient (Wildman–Crippen LogP) is 6.04. The smallest absolute Gasteiger partial charge is 0.295 e. The molecule has 0 saturated carbocycles. The van der Waals surface area contributed by atoms with E-state index in [2.05, 4.69) is 13.8 Å². The summed E-state index contributed by atoms with van der Waals surface area (Å²) in [6.07, 6.45) is 6.63. The number of ether oxygens (including phenoxy) is 4. The van der Waals surface area contributed by atoms with Crippen molar-refractivity contribution in [2.45, 2.75) is 70.9 Å². The van der Waals surface area contributed by atoms with Crippen LogP contribution in [0, 0.1) is 0 Å². The van der Waals surface area contributed by atoms with Gasteiger partial charge in [-0.25, -0.2) is 0 Å². The Bertz CT molecular complexity index is 1180. The number of rotatable bonds is 14. The largest absolute Gasteiger partial charge is 0.507 e. The van der Waals surface area contributed by atoms with Gasteiger partial charge in [-0.1, -0.05) is 39.2 Å². The van der Waals surface area contributed by atoms with Crippen molar-refractivity contribution < 1.29 is 33.6 Å². The number of hydrogen-bond acceptors (Lipinski definition) is 7. The van der Waals surface area contributed by atoms with Crippen LogP contribution >= 0.6 is 0 Å². The summed E-state index contributed by atoms with van der Waals surface area (Å²) in [6, 6.07) is 11.5. The first-order chi connectivity index (χ1) is 19.5. The minimum Gasteiger partial charge on any atom is -0.507 e. The van der Waals surface area contributed by atoms with E-state index in [-0.39, 0.29) is 24.0 Å². The van der Waals surface area contributed by atoms with Crippen LogP contribution in [0.5, 0.6) is 17.2 Å². The quantitative estimate of drug-likeness (QED) is 0.132. The first kappa shape index (κ1) is 29.5. The Hall–Kier alpha value is -3.52. The van der Waals surface area contributed by atoms with E-state index >= 15 is 0 Å². The van der Waals surface area contributed by atoms with Crippen molar-refractivity contribution in [3.05, 3.63) is 59.2 Å². The second-order valence-corrected chi connectivity index (χ2v) is 10.3. The van der Waals surface area contributed by atoms with E-state index in [9.17, 15) is 14.7 Å². The fraction of sp³-hybridized carbons (Fsp3) is 0.500. The zero-order valence-electron chi connectivity index (χ0n) is 23.8. The molecule has 2 aliphatic rings. The molecular weight excluding hydrogens is 510 g/mol. The average molecular weight is 552 g/mol. The van der Waals surface area contributed by atoms with E-state index in [0.717, 1.165) is 44.9 Å². The standard InChI is InChI=1S/C32H41NO7/c1-4-6-8-18-40-26-16-13-23(20-27(26)37-3)29-28(31(35)32(36)33(29)21-25-10-9-19-39-25)30(34)22-11-14-24(15-12-22)38-17-7-5-2/h11-16,20,25,29,34H,4-10,17-19,21H2,1-3H3/t25-,29+/m0/s1. The van der Waals surface area contributed by atoms with Crippen LogP contribution in [0.4, 0.5) is 0 Å². The summed E-state index contributed by atoms with van der Waals surface area (Å²) in [6.45, 7) is 6.30. The highest BCUT2D eigenvalue weighted by atomic mass is 16.5. The van der Waals surface area contributed by atoms with Gasteiger partial charge < -0.3 is 29.0 Å². The number of carbonyl (C=O) groups excluding carboxylic acids is 2. The van der Waals surface area contributed by atoms with Crippen LogP contribution in [0.25, 0.3) is 5.76 Å². The minimum absolute atomic E-state index is 0.0429. The third-order valence-corrected chi connectivity index (χ3v) is 7.37. The molecule has 0 unspecified atom stereocenters. The number of aliphatic hydroxyl groups excluding tert-OH is 1. The molecule has 2 aromatic carbocycles. The maximum atomic E-state index is 13.4. The van der Waals surface area contributed by atoms with Crippen molar-refractivity contribution in [2.75, 3.05) is 33.5 Å². The molecule has 2 fully saturated rings. The van der Waals surface area contributed by atoms with E-state index in [0.29, 0.717) is 48.2 Å². The number of benzene rings is 2. The van der Waals surface area contributed by atoms with Crippen molar-refractivity contribution in [2.24, 2.45) is 0 Å². The molecule has 2 heterocycles. The summed E-state index contributed by atoms with van der Waals surface area (Å²) in [4.78, 5) is 28.3. The number of aliphatic hydroxyl groups is 1. The van der Waals surface area contributed by atoms with Crippen LogP contribution in [0.2, 0.25) is 0 Å². The number of nitrogens with zero attached hydrogens (tertiary/aromatic N) is 1. The Morgan fingerprint density at radius 1 is 0.975 bits per heavy atom. The van der Waals surface area contributed by atoms with Gasteiger partial charge in [-0.15, -0.1) is 0 Å². The van der Waals surface area contributed by atoms with Crippen LogP contribution in [0.1, 0.15) is 76.0 Å². The summed E-state index contributed by atoms with van der Waals surface area (Å²) in [7, 11) is 1.56. The lowest BCUT2D eigenvalue weighted by atomic mass is 9.94. The van der Waals surface area contributed by atoms with Gasteiger partial charge in [0.25, 0.3) is 11.7 Å². The molecule has 8 nitrogen and oxygen atoms in total. The molecule has 216 valence electrons. The van der Waals surface area contributed by atoms with E-state index in [4.69, 9.17) is 18.9 Å². The fourth-order valence-electron chi connectivity index (χ4n) is 5.13. The van der Waals surface area contributed by atoms with Gasteiger partial charge in [-0.05, 0) is 67.6 Å². The van der Waals surface area contributed by atoms with Crippen LogP contribution in [0.3, 0.4) is 0 Å². The second-order valence-electron chi connectivity index (χ2n) is 10.3. The number of ketones is 1. The number of hydrogen-bond donors (Lipinski definition) is 1. The van der Waals surface area contributed by atoms with E-state index < -0.39 is 17.7 Å².